The predicted molar refractivity (Wildman–Crippen MR) is 123 cm³/mol. The van der Waals surface area contributed by atoms with Crippen molar-refractivity contribution in [2.75, 3.05) is 50.5 Å². The number of aliphatic imine (C=N–C) groups is 1. The zero-order valence-corrected chi connectivity index (χ0v) is 18.3. The molecule has 1 amide bonds. The van der Waals surface area contributed by atoms with Crippen LogP contribution in [0.15, 0.2) is 23.2 Å². The molecule has 1 unspecified atom stereocenters. The summed E-state index contributed by atoms with van der Waals surface area (Å²) in [5.41, 5.74) is 2.67. The van der Waals surface area contributed by atoms with Crippen molar-refractivity contribution in [2.24, 2.45) is 4.99 Å². The molecule has 9 heteroatoms. The molecule has 31 heavy (non-hydrogen) atoms. The number of thioether (sulfide) groups is 1. The number of ether oxygens (including phenoxy) is 1. The van der Waals surface area contributed by atoms with Crippen molar-refractivity contribution in [1.29, 1.82) is 0 Å². The van der Waals surface area contributed by atoms with Crippen LogP contribution in [0.4, 0.5) is 10.1 Å². The molecule has 3 aliphatic heterocycles. The van der Waals surface area contributed by atoms with Crippen LogP contribution in [0.25, 0.3) is 10.9 Å². The van der Waals surface area contributed by atoms with E-state index < -0.39 is 0 Å². The smallest absolute Gasteiger partial charge is 0.234 e. The first-order valence-electron chi connectivity index (χ1n) is 11.0. The van der Waals surface area contributed by atoms with Crippen LogP contribution in [0.3, 0.4) is 0 Å². The van der Waals surface area contributed by atoms with Crippen LogP contribution < -0.4 is 10.6 Å². The van der Waals surface area contributed by atoms with Gasteiger partial charge in [0.05, 0.1) is 29.5 Å². The number of carbonyl (C=O) groups is 1. The lowest BCUT2D eigenvalue weighted by molar-refractivity contribution is -0.124. The monoisotopic (exact) mass is 445 g/mol. The second-order valence-electron chi connectivity index (χ2n) is 8.45. The van der Waals surface area contributed by atoms with Crippen LogP contribution in [0.1, 0.15) is 25.0 Å². The molecule has 2 saturated heterocycles. The molecule has 1 aromatic carbocycles. The molecule has 0 bridgehead atoms. The summed E-state index contributed by atoms with van der Waals surface area (Å²) in [5, 5.41) is 8.20. The van der Waals surface area contributed by atoms with Crippen LogP contribution in [0.5, 0.6) is 0 Å². The number of hydrogen-bond acceptors (Lipinski definition) is 6. The largest absolute Gasteiger partial charge is 0.381 e. The van der Waals surface area contributed by atoms with E-state index in [2.05, 4.69) is 20.5 Å². The van der Waals surface area contributed by atoms with Gasteiger partial charge >= 0.3 is 0 Å². The Bertz CT molecular complexity index is 988. The van der Waals surface area contributed by atoms with Gasteiger partial charge in [-0.25, -0.2) is 4.39 Å². The molecule has 4 heterocycles. The quantitative estimate of drug-likeness (QED) is 0.637. The first kappa shape index (κ1) is 20.8. The van der Waals surface area contributed by atoms with Gasteiger partial charge in [0.2, 0.25) is 5.91 Å². The predicted octanol–water partition coefficient (Wildman–Crippen LogP) is 2.58. The molecule has 1 aromatic heterocycles. The van der Waals surface area contributed by atoms with Crippen molar-refractivity contribution in [2.45, 2.75) is 31.3 Å². The molecular formula is C22H28FN5O2S. The van der Waals surface area contributed by atoms with Crippen LogP contribution in [-0.4, -0.2) is 78.1 Å². The topological polar surface area (TPSA) is 81.8 Å². The van der Waals surface area contributed by atoms with Gasteiger partial charge in [-0.2, -0.15) is 0 Å². The number of piperazine rings is 1. The third-order valence-electron chi connectivity index (χ3n) is 6.11. The summed E-state index contributed by atoms with van der Waals surface area (Å²) in [6.07, 6.45) is 2.79. The number of amides is 1. The van der Waals surface area contributed by atoms with E-state index in [1.165, 1.54) is 0 Å². The lowest BCUT2D eigenvalue weighted by atomic mass is 10.1. The van der Waals surface area contributed by atoms with E-state index in [0.717, 1.165) is 85.2 Å². The Morgan fingerprint density at radius 2 is 2.16 bits per heavy atom. The lowest BCUT2D eigenvalue weighted by Crippen LogP contribution is -2.48. The Kier molecular flexibility index (Phi) is 6.15. The molecule has 3 N–H and O–H groups in total. The number of benzene rings is 1. The Balaban J connectivity index is 1.29. The first-order valence-corrected chi connectivity index (χ1v) is 12.0. The van der Waals surface area contributed by atoms with Crippen LogP contribution in [0, 0.1) is 5.82 Å². The number of nitrogens with zero attached hydrogens (tertiary/aromatic N) is 2. The molecule has 2 aromatic rings. The normalized spacial score (nSPS) is 23.2. The Labute approximate surface area is 185 Å². The number of hydrogen-bond donors (Lipinski definition) is 3. The van der Waals surface area contributed by atoms with E-state index in [1.54, 1.807) is 23.9 Å². The Morgan fingerprint density at radius 1 is 1.29 bits per heavy atom. The Hall–Kier alpha value is -2.10. The minimum Gasteiger partial charge on any atom is -0.381 e. The highest BCUT2D eigenvalue weighted by molar-refractivity contribution is 8.14. The average molecular weight is 446 g/mol. The second-order valence-corrected chi connectivity index (χ2v) is 9.45. The third-order valence-corrected chi connectivity index (χ3v) is 7.26. The average Bonchev–Trinajstić information content (AvgIpc) is 3.40. The molecule has 1 atom stereocenters. The van der Waals surface area contributed by atoms with Gasteiger partial charge in [-0.1, -0.05) is 0 Å². The number of aromatic nitrogens is 1. The summed E-state index contributed by atoms with van der Waals surface area (Å²) >= 11 is 1.74. The highest BCUT2D eigenvalue weighted by Crippen LogP contribution is 2.31. The number of anilines is 1. The highest BCUT2D eigenvalue weighted by atomic mass is 32.2. The van der Waals surface area contributed by atoms with Gasteiger partial charge in [-0.15, -0.1) is 11.8 Å². The maximum Gasteiger partial charge on any atom is 0.234 e. The van der Waals surface area contributed by atoms with E-state index in [-0.39, 0.29) is 17.8 Å². The summed E-state index contributed by atoms with van der Waals surface area (Å²) in [6.45, 7) is 4.47. The molecule has 0 saturated carbocycles. The zero-order chi connectivity index (χ0) is 21.2. The van der Waals surface area contributed by atoms with Gasteiger partial charge in [0.25, 0.3) is 0 Å². The molecule has 0 aliphatic carbocycles. The van der Waals surface area contributed by atoms with Crippen molar-refractivity contribution in [3.8, 4) is 0 Å². The van der Waals surface area contributed by atoms with Crippen molar-refractivity contribution >= 4 is 39.3 Å². The van der Waals surface area contributed by atoms with Gasteiger partial charge in [-0.05, 0) is 37.5 Å². The number of aromatic amines is 1. The van der Waals surface area contributed by atoms with E-state index >= 15 is 0 Å². The van der Waals surface area contributed by atoms with Crippen molar-refractivity contribution < 1.29 is 13.9 Å². The third kappa shape index (κ3) is 4.88. The molecular weight excluding hydrogens is 417 g/mol. The van der Waals surface area contributed by atoms with Gasteiger partial charge in [-0.3, -0.25) is 14.7 Å². The van der Waals surface area contributed by atoms with Crippen molar-refractivity contribution in [1.82, 2.24) is 15.2 Å². The summed E-state index contributed by atoms with van der Waals surface area (Å²) in [6, 6.07) is 5.68. The molecule has 5 rings (SSSR count). The second kappa shape index (κ2) is 9.18. The fourth-order valence-corrected chi connectivity index (χ4v) is 5.50. The number of H-pyrrole nitrogens is 1. The SMILES string of the molecule is O=C1CN(CCC2CSC(c3cc4cc(F)cc(NC5CCOCC5)c4[nH]3)=N2)CCN1. The minimum atomic E-state index is -0.239. The molecule has 0 spiro atoms. The van der Waals surface area contributed by atoms with Crippen molar-refractivity contribution in [3.63, 3.8) is 0 Å². The number of rotatable bonds is 6. The Morgan fingerprint density at radius 3 is 3.00 bits per heavy atom. The highest BCUT2D eigenvalue weighted by Gasteiger charge is 2.24. The summed E-state index contributed by atoms with van der Waals surface area (Å²) in [7, 11) is 0. The van der Waals surface area contributed by atoms with E-state index in [0.29, 0.717) is 12.6 Å². The zero-order valence-electron chi connectivity index (χ0n) is 17.5. The maximum absolute atomic E-state index is 14.3. The van der Waals surface area contributed by atoms with Gasteiger partial charge in [0, 0.05) is 50.0 Å². The molecule has 166 valence electrons. The van der Waals surface area contributed by atoms with E-state index in [1.807, 2.05) is 6.07 Å². The van der Waals surface area contributed by atoms with Gasteiger partial charge in [0.15, 0.2) is 0 Å². The molecule has 2 fully saturated rings. The van der Waals surface area contributed by atoms with Crippen LogP contribution >= 0.6 is 11.8 Å². The van der Waals surface area contributed by atoms with Crippen molar-refractivity contribution in [3.05, 3.63) is 29.7 Å². The van der Waals surface area contributed by atoms with E-state index in [4.69, 9.17) is 9.73 Å². The summed E-state index contributed by atoms with van der Waals surface area (Å²) in [5.74, 6) is 0.801. The van der Waals surface area contributed by atoms with Crippen LogP contribution in [0.2, 0.25) is 0 Å². The first-order chi connectivity index (χ1) is 15.1. The van der Waals surface area contributed by atoms with Gasteiger partial charge < -0.3 is 20.4 Å². The number of fused-ring (bicyclic) bond motifs is 1. The molecule has 0 radical (unpaired) electrons. The summed E-state index contributed by atoms with van der Waals surface area (Å²) in [4.78, 5) is 22.1. The van der Waals surface area contributed by atoms with Gasteiger partial charge in [0.1, 0.15) is 10.9 Å². The fourth-order valence-electron chi connectivity index (χ4n) is 4.42. The molecule has 3 aliphatic rings. The number of carbonyl (C=O) groups excluding carboxylic acids is 1. The molecule has 7 nitrogen and oxygen atoms in total. The lowest BCUT2D eigenvalue weighted by Gasteiger charge is -2.26. The number of nitrogens with one attached hydrogen (secondary N) is 3. The van der Waals surface area contributed by atoms with E-state index in [9.17, 15) is 9.18 Å². The van der Waals surface area contributed by atoms with Crippen LogP contribution in [-0.2, 0) is 9.53 Å². The minimum absolute atomic E-state index is 0.103. The number of halogens is 1. The standard InChI is InChI=1S/C22H28FN5O2S/c23-15-9-14-10-19(27-21(14)18(11-15)25-16-2-7-30-8-3-16)22-26-17(13-31-22)1-5-28-6-4-24-20(29)12-28/h9-11,16-17,25,27H,1-8,12-13H2,(H,24,29). The fraction of sp³-hybridized carbons (Fsp3) is 0.545. The summed E-state index contributed by atoms with van der Waals surface area (Å²) < 4.78 is 19.7. The maximum atomic E-state index is 14.3.